The van der Waals surface area contributed by atoms with Gasteiger partial charge >= 0.3 is 0 Å². The van der Waals surface area contributed by atoms with E-state index < -0.39 is 0 Å². The molecule has 1 nitrogen and oxygen atoms in total. The number of aliphatic hydroxyl groups excluding tert-OH is 1. The maximum Gasteiger partial charge on any atom is 0.122 e. The summed E-state index contributed by atoms with van der Waals surface area (Å²) < 4.78 is 0. The van der Waals surface area contributed by atoms with Crippen LogP contribution in [0.5, 0.6) is 0 Å². The SMILES string of the molecule is OC(=CC=CC=C1C=CC=C1)c1ccccc1. The first-order valence-electron chi connectivity index (χ1n) is 5.54. The molecule has 0 saturated heterocycles. The Morgan fingerprint density at radius 3 is 2.35 bits per heavy atom. The summed E-state index contributed by atoms with van der Waals surface area (Å²) in [6.45, 7) is 0. The fourth-order valence-electron chi connectivity index (χ4n) is 1.52. The maximum absolute atomic E-state index is 9.77. The Hall–Kier alpha value is -2.28. The van der Waals surface area contributed by atoms with Crippen molar-refractivity contribution in [3.8, 4) is 0 Å². The van der Waals surface area contributed by atoms with E-state index in [2.05, 4.69) is 0 Å². The molecule has 1 heteroatoms. The van der Waals surface area contributed by atoms with Crippen molar-refractivity contribution in [2.45, 2.75) is 0 Å². The zero-order valence-corrected chi connectivity index (χ0v) is 9.45. The van der Waals surface area contributed by atoms with E-state index in [0.29, 0.717) is 0 Å². The number of benzene rings is 1. The summed E-state index contributed by atoms with van der Waals surface area (Å²) in [6.07, 6.45) is 15.5. The number of hydrogen-bond donors (Lipinski definition) is 1. The Balaban J connectivity index is 2.01. The molecular weight excluding hydrogens is 208 g/mol. The van der Waals surface area contributed by atoms with Gasteiger partial charge in [-0.15, -0.1) is 0 Å². The van der Waals surface area contributed by atoms with Crippen LogP contribution in [0.1, 0.15) is 5.56 Å². The second-order valence-corrected chi connectivity index (χ2v) is 3.69. The molecule has 0 aromatic heterocycles. The Labute approximate surface area is 101 Å². The lowest BCUT2D eigenvalue weighted by Crippen LogP contribution is -1.79. The van der Waals surface area contributed by atoms with Gasteiger partial charge in [0, 0.05) is 5.56 Å². The topological polar surface area (TPSA) is 20.2 Å². The van der Waals surface area contributed by atoms with Crippen molar-refractivity contribution in [3.05, 3.63) is 90.1 Å². The average molecular weight is 222 g/mol. The molecule has 0 fully saturated rings. The van der Waals surface area contributed by atoms with Crippen molar-refractivity contribution in [1.29, 1.82) is 0 Å². The van der Waals surface area contributed by atoms with Crippen molar-refractivity contribution < 1.29 is 5.11 Å². The molecule has 0 saturated carbocycles. The van der Waals surface area contributed by atoms with E-state index in [-0.39, 0.29) is 5.76 Å². The normalized spacial score (nSPS) is 14.8. The molecule has 0 radical (unpaired) electrons. The van der Waals surface area contributed by atoms with E-state index in [1.165, 1.54) is 0 Å². The second kappa shape index (κ2) is 5.71. The summed E-state index contributed by atoms with van der Waals surface area (Å²) >= 11 is 0. The van der Waals surface area contributed by atoms with E-state index >= 15 is 0 Å². The van der Waals surface area contributed by atoms with E-state index in [9.17, 15) is 5.11 Å². The van der Waals surface area contributed by atoms with Crippen LogP contribution in [0.15, 0.2) is 84.5 Å². The van der Waals surface area contributed by atoms with Gasteiger partial charge in [0.2, 0.25) is 0 Å². The molecule has 17 heavy (non-hydrogen) atoms. The molecule has 1 aromatic rings. The highest BCUT2D eigenvalue weighted by molar-refractivity contribution is 5.59. The van der Waals surface area contributed by atoms with Crippen molar-refractivity contribution in [3.63, 3.8) is 0 Å². The van der Waals surface area contributed by atoms with Crippen LogP contribution in [0.3, 0.4) is 0 Å². The van der Waals surface area contributed by atoms with Gasteiger partial charge in [0.1, 0.15) is 5.76 Å². The summed E-state index contributed by atoms with van der Waals surface area (Å²) in [4.78, 5) is 0. The Bertz CT molecular complexity index is 500. The van der Waals surface area contributed by atoms with E-state index in [1.54, 1.807) is 6.08 Å². The molecular formula is C16H14O. The average Bonchev–Trinajstić information content (AvgIpc) is 2.88. The van der Waals surface area contributed by atoms with Crippen LogP contribution in [-0.2, 0) is 0 Å². The lowest BCUT2D eigenvalue weighted by atomic mass is 10.2. The first-order chi connectivity index (χ1) is 8.36. The van der Waals surface area contributed by atoms with Crippen LogP contribution in [0.25, 0.3) is 5.76 Å². The van der Waals surface area contributed by atoms with Gasteiger partial charge in [0.05, 0.1) is 0 Å². The molecule has 0 aliphatic heterocycles. The second-order valence-electron chi connectivity index (χ2n) is 3.69. The first-order valence-corrected chi connectivity index (χ1v) is 5.54. The van der Waals surface area contributed by atoms with Crippen LogP contribution in [-0.4, -0.2) is 5.11 Å². The number of allylic oxidation sites excluding steroid dienone is 9. The summed E-state index contributed by atoms with van der Waals surface area (Å²) in [5.74, 6) is 0.276. The standard InChI is InChI=1S/C16H14O/c17-16(15-11-2-1-3-12-15)13-7-6-10-14-8-4-5-9-14/h1-13,17H. The molecule has 0 amide bonds. The molecule has 0 atom stereocenters. The van der Waals surface area contributed by atoms with E-state index in [4.69, 9.17) is 0 Å². The highest BCUT2D eigenvalue weighted by Gasteiger charge is 1.93. The van der Waals surface area contributed by atoms with Gasteiger partial charge in [-0.1, -0.05) is 72.9 Å². The van der Waals surface area contributed by atoms with Gasteiger partial charge in [-0.05, 0) is 11.6 Å². The monoisotopic (exact) mass is 222 g/mol. The predicted molar refractivity (Wildman–Crippen MR) is 72.6 cm³/mol. The van der Waals surface area contributed by atoms with Crippen molar-refractivity contribution in [2.24, 2.45) is 0 Å². The molecule has 1 aliphatic carbocycles. The number of rotatable bonds is 3. The lowest BCUT2D eigenvalue weighted by molar-refractivity contribution is 0.512. The smallest absolute Gasteiger partial charge is 0.122 e. The largest absolute Gasteiger partial charge is 0.507 e. The molecule has 1 N–H and O–H groups in total. The third-order valence-corrected chi connectivity index (χ3v) is 2.41. The fraction of sp³-hybridized carbons (Fsp3) is 0. The molecule has 2 rings (SSSR count). The summed E-state index contributed by atoms with van der Waals surface area (Å²) in [6, 6.07) is 9.48. The minimum Gasteiger partial charge on any atom is -0.507 e. The van der Waals surface area contributed by atoms with Crippen LogP contribution in [0.4, 0.5) is 0 Å². The third kappa shape index (κ3) is 3.35. The first kappa shape index (κ1) is 11.2. The summed E-state index contributed by atoms with van der Waals surface area (Å²) in [5.41, 5.74) is 1.99. The molecule has 1 aliphatic rings. The minimum absolute atomic E-state index is 0.276. The van der Waals surface area contributed by atoms with Crippen molar-refractivity contribution >= 4 is 5.76 Å². The van der Waals surface area contributed by atoms with E-state index in [1.807, 2.05) is 72.9 Å². The van der Waals surface area contributed by atoms with Gasteiger partial charge in [-0.25, -0.2) is 0 Å². The maximum atomic E-state index is 9.77. The molecule has 1 aromatic carbocycles. The Morgan fingerprint density at radius 1 is 0.941 bits per heavy atom. The predicted octanol–water partition coefficient (Wildman–Crippen LogP) is 4.19. The fourth-order valence-corrected chi connectivity index (χ4v) is 1.52. The highest BCUT2D eigenvalue weighted by Crippen LogP contribution is 2.10. The quantitative estimate of drug-likeness (QED) is 0.600. The zero-order valence-electron chi connectivity index (χ0n) is 9.45. The molecule has 0 spiro atoms. The molecule has 0 unspecified atom stereocenters. The minimum atomic E-state index is 0.276. The third-order valence-electron chi connectivity index (χ3n) is 2.41. The van der Waals surface area contributed by atoms with Crippen molar-refractivity contribution in [1.82, 2.24) is 0 Å². The van der Waals surface area contributed by atoms with Crippen LogP contribution < -0.4 is 0 Å². The molecule has 0 heterocycles. The van der Waals surface area contributed by atoms with Crippen LogP contribution in [0, 0.1) is 0 Å². The lowest BCUT2D eigenvalue weighted by Gasteiger charge is -1.96. The molecule has 84 valence electrons. The summed E-state index contributed by atoms with van der Waals surface area (Å²) in [7, 11) is 0. The van der Waals surface area contributed by atoms with Gasteiger partial charge in [0.25, 0.3) is 0 Å². The number of aliphatic hydroxyl groups is 1. The molecule has 0 bridgehead atoms. The number of hydrogen-bond acceptors (Lipinski definition) is 1. The van der Waals surface area contributed by atoms with E-state index in [0.717, 1.165) is 11.1 Å². The zero-order chi connectivity index (χ0) is 11.9. The summed E-state index contributed by atoms with van der Waals surface area (Å²) in [5, 5.41) is 9.77. The van der Waals surface area contributed by atoms with Gasteiger partial charge < -0.3 is 5.11 Å². The van der Waals surface area contributed by atoms with Gasteiger partial charge in [-0.3, -0.25) is 0 Å². The Morgan fingerprint density at radius 2 is 1.65 bits per heavy atom. The van der Waals surface area contributed by atoms with Crippen molar-refractivity contribution in [2.75, 3.05) is 0 Å². The Kier molecular flexibility index (Phi) is 3.77. The van der Waals surface area contributed by atoms with Gasteiger partial charge in [-0.2, -0.15) is 0 Å². The van der Waals surface area contributed by atoms with Crippen LogP contribution >= 0.6 is 0 Å². The van der Waals surface area contributed by atoms with Gasteiger partial charge in [0.15, 0.2) is 0 Å². The highest BCUT2D eigenvalue weighted by atomic mass is 16.3. The van der Waals surface area contributed by atoms with Crippen LogP contribution in [0.2, 0.25) is 0 Å².